The van der Waals surface area contributed by atoms with E-state index in [1.54, 1.807) is 0 Å². The Morgan fingerprint density at radius 2 is 1.55 bits per heavy atom. The first-order valence-electron chi connectivity index (χ1n) is 7.75. The van der Waals surface area contributed by atoms with Crippen molar-refractivity contribution in [3.05, 3.63) is 78.4 Å². The molecule has 0 aliphatic rings. The first kappa shape index (κ1) is 13.1. The Bertz CT molecular complexity index is 889. The lowest BCUT2D eigenvalue weighted by Crippen LogP contribution is -1.95. The van der Waals surface area contributed by atoms with Crippen LogP contribution in [-0.2, 0) is 0 Å². The van der Waals surface area contributed by atoms with E-state index in [1.807, 2.05) is 6.07 Å². The Labute approximate surface area is 130 Å². The molecule has 3 aromatic carbocycles. The maximum Gasteiger partial charge on any atom is 0.0541 e. The van der Waals surface area contributed by atoms with Crippen LogP contribution in [0.3, 0.4) is 0 Å². The van der Waals surface area contributed by atoms with Gasteiger partial charge in [-0.25, -0.2) is 0 Å². The second kappa shape index (κ2) is 5.03. The van der Waals surface area contributed by atoms with Gasteiger partial charge in [0.15, 0.2) is 0 Å². The minimum Gasteiger partial charge on any atom is -0.309 e. The molecule has 0 spiro atoms. The van der Waals surface area contributed by atoms with E-state index < -0.39 is 0 Å². The molecule has 1 nitrogen and oxygen atoms in total. The fourth-order valence-corrected chi connectivity index (χ4v) is 3.15. The van der Waals surface area contributed by atoms with Crippen LogP contribution in [0.4, 0.5) is 0 Å². The summed E-state index contributed by atoms with van der Waals surface area (Å²) in [7, 11) is 0. The lowest BCUT2D eigenvalue weighted by atomic mass is 10.0. The van der Waals surface area contributed by atoms with Crippen molar-refractivity contribution in [2.45, 2.75) is 19.8 Å². The highest BCUT2D eigenvalue weighted by atomic mass is 15.0. The summed E-state index contributed by atoms with van der Waals surface area (Å²) >= 11 is 0. The number of benzene rings is 3. The summed E-state index contributed by atoms with van der Waals surface area (Å²) in [5.41, 5.74) is 5.06. The van der Waals surface area contributed by atoms with Crippen molar-refractivity contribution in [2.75, 3.05) is 0 Å². The van der Waals surface area contributed by atoms with Crippen LogP contribution in [0.15, 0.2) is 66.7 Å². The molecule has 0 amide bonds. The predicted molar refractivity (Wildman–Crippen MR) is 93.7 cm³/mol. The first-order valence-corrected chi connectivity index (χ1v) is 7.75. The van der Waals surface area contributed by atoms with Gasteiger partial charge in [-0.05, 0) is 47.9 Å². The van der Waals surface area contributed by atoms with Crippen molar-refractivity contribution < 1.29 is 0 Å². The molecule has 0 unspecified atom stereocenters. The van der Waals surface area contributed by atoms with Crippen LogP contribution in [0.25, 0.3) is 27.5 Å². The molecule has 22 heavy (non-hydrogen) atoms. The van der Waals surface area contributed by atoms with Crippen LogP contribution >= 0.6 is 0 Å². The Morgan fingerprint density at radius 3 is 2.32 bits per heavy atom. The number of hydrogen-bond donors (Lipinski definition) is 0. The largest absolute Gasteiger partial charge is 0.309 e. The van der Waals surface area contributed by atoms with E-state index in [2.05, 4.69) is 85.1 Å². The van der Waals surface area contributed by atoms with Gasteiger partial charge in [0.25, 0.3) is 0 Å². The van der Waals surface area contributed by atoms with Crippen molar-refractivity contribution in [3.63, 3.8) is 0 Å². The van der Waals surface area contributed by atoms with Gasteiger partial charge in [-0.3, -0.25) is 0 Å². The van der Waals surface area contributed by atoms with Crippen LogP contribution in [0.1, 0.15) is 25.3 Å². The average Bonchev–Trinajstić information content (AvgIpc) is 2.89. The lowest BCUT2D eigenvalue weighted by Gasteiger charge is -2.10. The number of nitrogens with zero attached hydrogens (tertiary/aromatic N) is 1. The molecule has 107 valence electrons. The maximum atomic E-state index is 3.20. The highest BCUT2D eigenvalue weighted by molar-refractivity contribution is 6.09. The Hall–Kier alpha value is -2.54. The van der Waals surface area contributed by atoms with Gasteiger partial charge in [-0.1, -0.05) is 50.2 Å². The van der Waals surface area contributed by atoms with Gasteiger partial charge in [0, 0.05) is 16.5 Å². The van der Waals surface area contributed by atoms with Gasteiger partial charge in [-0.15, -0.1) is 0 Å². The number of hydrogen-bond acceptors (Lipinski definition) is 0. The SMILES string of the molecule is CC(C)c1ccc(-n2c3cc[c]cc3c3ccccc32)cc1. The Balaban J connectivity index is 2.04. The van der Waals surface area contributed by atoms with Crippen LogP contribution in [0.2, 0.25) is 0 Å². The summed E-state index contributed by atoms with van der Waals surface area (Å²) in [6, 6.07) is 26.9. The van der Waals surface area contributed by atoms with Gasteiger partial charge >= 0.3 is 0 Å². The summed E-state index contributed by atoms with van der Waals surface area (Å²) in [5.74, 6) is 0.557. The van der Waals surface area contributed by atoms with E-state index in [4.69, 9.17) is 0 Å². The zero-order chi connectivity index (χ0) is 15.1. The minimum atomic E-state index is 0.557. The first-order chi connectivity index (χ1) is 10.8. The van der Waals surface area contributed by atoms with Gasteiger partial charge in [-0.2, -0.15) is 0 Å². The summed E-state index contributed by atoms with van der Waals surface area (Å²) < 4.78 is 2.34. The third-order valence-electron chi connectivity index (χ3n) is 4.34. The summed E-state index contributed by atoms with van der Waals surface area (Å²) in [5, 5.41) is 2.54. The van der Waals surface area contributed by atoms with E-state index in [-0.39, 0.29) is 0 Å². The topological polar surface area (TPSA) is 4.93 Å². The second-order valence-corrected chi connectivity index (χ2v) is 6.04. The molecule has 4 rings (SSSR count). The predicted octanol–water partition coefficient (Wildman–Crippen LogP) is 5.71. The van der Waals surface area contributed by atoms with Crippen molar-refractivity contribution in [1.29, 1.82) is 0 Å². The van der Waals surface area contributed by atoms with Crippen LogP contribution in [-0.4, -0.2) is 4.57 Å². The summed E-state index contributed by atoms with van der Waals surface area (Å²) in [4.78, 5) is 0. The van der Waals surface area contributed by atoms with Crippen molar-refractivity contribution in [3.8, 4) is 5.69 Å². The molecule has 1 heterocycles. The third kappa shape index (κ3) is 1.93. The molecule has 0 fully saturated rings. The van der Waals surface area contributed by atoms with E-state index >= 15 is 0 Å². The number of fused-ring (bicyclic) bond motifs is 3. The third-order valence-corrected chi connectivity index (χ3v) is 4.34. The molecule has 0 atom stereocenters. The molecule has 0 aliphatic heterocycles. The summed E-state index contributed by atoms with van der Waals surface area (Å²) in [6.07, 6.45) is 0. The zero-order valence-corrected chi connectivity index (χ0v) is 12.9. The van der Waals surface area contributed by atoms with Gasteiger partial charge in [0.05, 0.1) is 11.0 Å². The van der Waals surface area contributed by atoms with Gasteiger partial charge < -0.3 is 4.57 Å². The Kier molecular flexibility index (Phi) is 3.00. The number of rotatable bonds is 2. The monoisotopic (exact) mass is 284 g/mol. The van der Waals surface area contributed by atoms with E-state index in [0.29, 0.717) is 5.92 Å². The molecule has 0 bridgehead atoms. The quantitative estimate of drug-likeness (QED) is 0.444. The highest BCUT2D eigenvalue weighted by Gasteiger charge is 2.11. The summed E-state index contributed by atoms with van der Waals surface area (Å²) in [6.45, 7) is 4.45. The van der Waals surface area contributed by atoms with Gasteiger partial charge in [0.1, 0.15) is 0 Å². The Morgan fingerprint density at radius 1 is 0.818 bits per heavy atom. The molecule has 1 aromatic heterocycles. The molecular weight excluding hydrogens is 266 g/mol. The molecule has 0 N–H and O–H groups in total. The van der Waals surface area contributed by atoms with Gasteiger partial charge in [0.2, 0.25) is 0 Å². The molecule has 0 saturated heterocycles. The molecule has 4 aromatic rings. The standard InChI is InChI=1S/C21H18N/c1-15(2)16-11-13-17(14-12-16)22-20-9-5-3-7-18(20)19-8-4-6-10-21(19)22/h3,5-15H,1-2H3. The fraction of sp³-hybridized carbons (Fsp3) is 0.143. The van der Waals surface area contributed by atoms with E-state index in [9.17, 15) is 0 Å². The zero-order valence-electron chi connectivity index (χ0n) is 12.9. The van der Waals surface area contributed by atoms with Crippen molar-refractivity contribution in [2.24, 2.45) is 0 Å². The highest BCUT2D eigenvalue weighted by Crippen LogP contribution is 2.31. The fourth-order valence-electron chi connectivity index (χ4n) is 3.15. The maximum absolute atomic E-state index is 3.20. The van der Waals surface area contributed by atoms with Crippen LogP contribution < -0.4 is 0 Å². The van der Waals surface area contributed by atoms with E-state index in [0.717, 1.165) is 0 Å². The van der Waals surface area contributed by atoms with Crippen LogP contribution in [0.5, 0.6) is 0 Å². The normalized spacial score (nSPS) is 11.6. The molecular formula is C21H18N. The number of aromatic nitrogens is 1. The van der Waals surface area contributed by atoms with Crippen LogP contribution in [0, 0.1) is 6.07 Å². The molecule has 1 radical (unpaired) electrons. The van der Waals surface area contributed by atoms with Crippen molar-refractivity contribution in [1.82, 2.24) is 4.57 Å². The molecule has 0 saturated carbocycles. The van der Waals surface area contributed by atoms with Crippen molar-refractivity contribution >= 4 is 21.8 Å². The molecule has 0 aliphatic carbocycles. The lowest BCUT2D eigenvalue weighted by molar-refractivity contribution is 0.866. The van der Waals surface area contributed by atoms with E-state index in [1.165, 1.54) is 33.1 Å². The smallest absolute Gasteiger partial charge is 0.0541 e. The molecule has 1 heteroatoms. The average molecular weight is 284 g/mol. The second-order valence-electron chi connectivity index (χ2n) is 6.04. The number of para-hydroxylation sites is 1. The minimum absolute atomic E-state index is 0.557.